The summed E-state index contributed by atoms with van der Waals surface area (Å²) in [6.45, 7) is 0.497. The minimum absolute atomic E-state index is 0.166. The Kier molecular flexibility index (Phi) is 6.39. The highest BCUT2D eigenvalue weighted by molar-refractivity contribution is 6.42. The van der Waals surface area contributed by atoms with Crippen molar-refractivity contribution in [2.24, 2.45) is 0 Å². The van der Waals surface area contributed by atoms with E-state index in [0.29, 0.717) is 22.3 Å². The summed E-state index contributed by atoms with van der Waals surface area (Å²) >= 11 is 11.7. The molecule has 1 aliphatic carbocycles. The van der Waals surface area contributed by atoms with Crippen LogP contribution in [0.2, 0.25) is 10.0 Å². The maximum atomic E-state index is 9.78. The first kappa shape index (κ1) is 15.9. The number of hydrogen-bond acceptors (Lipinski definition) is 4. The molecule has 20 heavy (non-hydrogen) atoms. The van der Waals surface area contributed by atoms with Crippen molar-refractivity contribution in [1.29, 1.82) is 0 Å². The summed E-state index contributed by atoms with van der Waals surface area (Å²) in [5, 5.41) is 10.7. The summed E-state index contributed by atoms with van der Waals surface area (Å²) in [7, 11) is 0. The molecule has 0 heterocycles. The highest BCUT2D eigenvalue weighted by Crippen LogP contribution is 2.26. The Balaban J connectivity index is 1.63. The highest BCUT2D eigenvalue weighted by atomic mass is 35.5. The van der Waals surface area contributed by atoms with Crippen molar-refractivity contribution in [3.63, 3.8) is 0 Å². The number of benzene rings is 1. The molecule has 1 unspecified atom stereocenters. The van der Waals surface area contributed by atoms with E-state index in [1.165, 1.54) is 12.8 Å². The van der Waals surface area contributed by atoms with Gasteiger partial charge in [-0.15, -0.1) is 0 Å². The molecule has 0 amide bonds. The van der Waals surface area contributed by atoms with E-state index in [2.05, 4.69) is 5.48 Å². The van der Waals surface area contributed by atoms with Gasteiger partial charge in [0.1, 0.15) is 18.5 Å². The summed E-state index contributed by atoms with van der Waals surface area (Å²) in [5.41, 5.74) is 2.81. The fourth-order valence-electron chi connectivity index (χ4n) is 2.09. The van der Waals surface area contributed by atoms with Crippen molar-refractivity contribution in [2.75, 3.05) is 13.2 Å². The first-order valence-electron chi connectivity index (χ1n) is 6.79. The Hall–Kier alpha value is -0.520. The summed E-state index contributed by atoms with van der Waals surface area (Å²) < 4.78 is 5.44. The minimum atomic E-state index is -0.647. The van der Waals surface area contributed by atoms with Crippen molar-refractivity contribution in [3.8, 4) is 5.75 Å². The number of aliphatic hydroxyl groups is 1. The lowest BCUT2D eigenvalue weighted by molar-refractivity contribution is -0.0417. The molecule has 1 aromatic rings. The molecular weight excluding hydrogens is 301 g/mol. The zero-order valence-corrected chi connectivity index (χ0v) is 12.7. The van der Waals surface area contributed by atoms with Gasteiger partial charge in [0.2, 0.25) is 0 Å². The van der Waals surface area contributed by atoms with Gasteiger partial charge in [-0.3, -0.25) is 4.84 Å². The zero-order valence-electron chi connectivity index (χ0n) is 11.1. The van der Waals surface area contributed by atoms with Crippen LogP contribution in [0.1, 0.15) is 25.7 Å². The molecule has 2 rings (SSSR count). The van der Waals surface area contributed by atoms with Gasteiger partial charge >= 0.3 is 0 Å². The molecular formula is C14H19Cl2NO3. The monoisotopic (exact) mass is 319 g/mol. The van der Waals surface area contributed by atoms with Crippen molar-refractivity contribution in [3.05, 3.63) is 28.2 Å². The van der Waals surface area contributed by atoms with Gasteiger partial charge in [-0.1, -0.05) is 36.0 Å². The normalized spacial score (nSPS) is 17.4. The molecule has 0 spiro atoms. The quantitative estimate of drug-likeness (QED) is 0.758. The molecule has 4 nitrogen and oxygen atoms in total. The number of halogens is 2. The van der Waals surface area contributed by atoms with Gasteiger partial charge in [0.05, 0.1) is 22.7 Å². The number of ether oxygens (including phenoxy) is 1. The van der Waals surface area contributed by atoms with Crippen LogP contribution in [0, 0.1) is 0 Å². The molecule has 0 bridgehead atoms. The van der Waals surface area contributed by atoms with Crippen LogP contribution < -0.4 is 10.2 Å². The van der Waals surface area contributed by atoms with E-state index in [0.717, 1.165) is 12.8 Å². The van der Waals surface area contributed by atoms with E-state index in [1.54, 1.807) is 18.2 Å². The molecule has 0 radical (unpaired) electrons. The zero-order chi connectivity index (χ0) is 14.4. The third-order valence-corrected chi connectivity index (χ3v) is 3.94. The number of aliphatic hydroxyl groups excluding tert-OH is 1. The number of nitrogens with one attached hydrogen (secondary N) is 1. The molecule has 1 saturated carbocycles. The topological polar surface area (TPSA) is 50.7 Å². The fourth-order valence-corrected chi connectivity index (χ4v) is 2.37. The van der Waals surface area contributed by atoms with Crippen molar-refractivity contribution >= 4 is 23.2 Å². The smallest absolute Gasteiger partial charge is 0.121 e. The SMILES string of the molecule is OC(CNOC1CCCC1)COc1ccc(Cl)c(Cl)c1. The van der Waals surface area contributed by atoms with E-state index >= 15 is 0 Å². The predicted octanol–water partition coefficient (Wildman–Crippen LogP) is 3.20. The molecule has 1 atom stereocenters. The van der Waals surface area contributed by atoms with E-state index in [4.69, 9.17) is 32.8 Å². The number of hydrogen-bond donors (Lipinski definition) is 2. The Bertz CT molecular complexity index is 425. The van der Waals surface area contributed by atoms with Gasteiger partial charge in [-0.2, -0.15) is 5.48 Å². The van der Waals surface area contributed by atoms with Gasteiger partial charge in [-0.25, -0.2) is 0 Å². The largest absolute Gasteiger partial charge is 0.491 e. The lowest BCUT2D eigenvalue weighted by Crippen LogP contribution is -2.33. The minimum Gasteiger partial charge on any atom is -0.491 e. The fraction of sp³-hybridized carbons (Fsp3) is 0.571. The maximum Gasteiger partial charge on any atom is 0.121 e. The van der Waals surface area contributed by atoms with Crippen molar-refractivity contribution < 1.29 is 14.7 Å². The summed E-state index contributed by atoms with van der Waals surface area (Å²) in [6, 6.07) is 5.00. The van der Waals surface area contributed by atoms with Crippen molar-refractivity contribution in [2.45, 2.75) is 37.9 Å². The second kappa shape index (κ2) is 8.05. The molecule has 6 heteroatoms. The van der Waals surface area contributed by atoms with Crippen LogP contribution in [0.4, 0.5) is 0 Å². The van der Waals surface area contributed by atoms with Crippen LogP contribution in [-0.4, -0.2) is 30.5 Å². The third-order valence-electron chi connectivity index (χ3n) is 3.20. The van der Waals surface area contributed by atoms with Crippen LogP contribution in [0.5, 0.6) is 5.75 Å². The summed E-state index contributed by atoms with van der Waals surface area (Å²) in [4.78, 5) is 5.46. The van der Waals surface area contributed by atoms with E-state index in [1.807, 2.05) is 0 Å². The van der Waals surface area contributed by atoms with E-state index in [9.17, 15) is 5.11 Å². The van der Waals surface area contributed by atoms with Gasteiger partial charge in [0.25, 0.3) is 0 Å². The van der Waals surface area contributed by atoms with E-state index in [-0.39, 0.29) is 12.7 Å². The van der Waals surface area contributed by atoms with Gasteiger partial charge in [0.15, 0.2) is 0 Å². The summed E-state index contributed by atoms with van der Waals surface area (Å²) in [5.74, 6) is 0.579. The predicted molar refractivity (Wildman–Crippen MR) is 79.3 cm³/mol. The average molecular weight is 320 g/mol. The maximum absolute atomic E-state index is 9.78. The molecule has 112 valence electrons. The van der Waals surface area contributed by atoms with Crippen LogP contribution in [-0.2, 0) is 4.84 Å². The number of rotatable bonds is 7. The second-order valence-electron chi connectivity index (χ2n) is 4.91. The lowest BCUT2D eigenvalue weighted by Gasteiger charge is -2.16. The lowest BCUT2D eigenvalue weighted by atomic mass is 10.3. The molecule has 1 fully saturated rings. The summed E-state index contributed by atoms with van der Waals surface area (Å²) in [6.07, 6.45) is 4.24. The standard InChI is InChI=1S/C14H19Cl2NO3/c15-13-6-5-12(7-14(13)16)19-9-10(18)8-17-20-11-3-1-2-4-11/h5-7,10-11,17-18H,1-4,8-9H2. The van der Waals surface area contributed by atoms with Crippen LogP contribution >= 0.6 is 23.2 Å². The van der Waals surface area contributed by atoms with Crippen LogP contribution in [0.25, 0.3) is 0 Å². The molecule has 1 aromatic carbocycles. The van der Waals surface area contributed by atoms with Gasteiger partial charge < -0.3 is 9.84 Å². The first-order chi connectivity index (χ1) is 9.65. The second-order valence-corrected chi connectivity index (χ2v) is 5.73. The van der Waals surface area contributed by atoms with Gasteiger partial charge in [-0.05, 0) is 25.0 Å². The Morgan fingerprint density at radius 2 is 2.00 bits per heavy atom. The van der Waals surface area contributed by atoms with Crippen molar-refractivity contribution in [1.82, 2.24) is 5.48 Å². The third kappa shape index (κ3) is 5.11. The molecule has 0 aromatic heterocycles. The molecule has 1 aliphatic rings. The Morgan fingerprint density at radius 3 is 2.70 bits per heavy atom. The molecule has 2 N–H and O–H groups in total. The van der Waals surface area contributed by atoms with E-state index < -0.39 is 6.10 Å². The Morgan fingerprint density at radius 1 is 1.25 bits per heavy atom. The van der Waals surface area contributed by atoms with Gasteiger partial charge in [0, 0.05) is 6.07 Å². The first-order valence-corrected chi connectivity index (χ1v) is 7.55. The number of hydroxylamine groups is 1. The molecule has 0 saturated heterocycles. The van der Waals surface area contributed by atoms with Crippen LogP contribution in [0.15, 0.2) is 18.2 Å². The highest BCUT2D eigenvalue weighted by Gasteiger charge is 2.16. The van der Waals surface area contributed by atoms with Crippen LogP contribution in [0.3, 0.4) is 0 Å². The molecule has 0 aliphatic heterocycles. The average Bonchev–Trinajstić information content (AvgIpc) is 2.93. The Labute approximate surface area is 128 Å².